The van der Waals surface area contributed by atoms with E-state index in [1.165, 1.54) is 30.3 Å². The van der Waals surface area contributed by atoms with Crippen molar-refractivity contribution >= 4 is 11.6 Å². The maximum atomic E-state index is 14.2. The number of aryl methyl sites for hydroxylation is 1. The molecule has 20 heavy (non-hydrogen) atoms. The maximum absolute atomic E-state index is 14.2. The number of rotatable bonds is 3. The van der Waals surface area contributed by atoms with Gasteiger partial charge >= 0.3 is 0 Å². The zero-order valence-corrected chi connectivity index (χ0v) is 11.7. The summed E-state index contributed by atoms with van der Waals surface area (Å²) in [4.78, 5) is 0. The van der Waals surface area contributed by atoms with Crippen LogP contribution < -0.4 is 5.32 Å². The summed E-state index contributed by atoms with van der Waals surface area (Å²) in [6.07, 6.45) is 0. The molecule has 1 unspecified atom stereocenters. The Morgan fingerprint density at radius 3 is 2.35 bits per heavy atom. The van der Waals surface area contributed by atoms with Crippen molar-refractivity contribution in [2.45, 2.75) is 13.0 Å². The lowest BCUT2D eigenvalue weighted by atomic mass is 9.96. The monoisotopic (exact) mass is 299 g/mol. The van der Waals surface area contributed by atoms with Crippen LogP contribution in [0.1, 0.15) is 22.7 Å². The highest BCUT2D eigenvalue weighted by Crippen LogP contribution is 2.30. The van der Waals surface area contributed by atoms with E-state index in [0.29, 0.717) is 11.1 Å². The van der Waals surface area contributed by atoms with Crippen molar-refractivity contribution in [2.24, 2.45) is 0 Å². The lowest BCUT2D eigenvalue weighted by Gasteiger charge is -2.19. The lowest BCUT2D eigenvalue weighted by molar-refractivity contribution is 0.516. The Morgan fingerprint density at radius 1 is 1.05 bits per heavy atom. The van der Waals surface area contributed by atoms with E-state index in [0.717, 1.165) is 0 Å². The Kier molecular flexibility index (Phi) is 4.35. The molecule has 1 nitrogen and oxygen atoms in total. The molecule has 1 atom stereocenters. The van der Waals surface area contributed by atoms with E-state index in [2.05, 4.69) is 5.32 Å². The third-order valence-electron chi connectivity index (χ3n) is 3.17. The number of halogens is 4. The third kappa shape index (κ3) is 2.67. The normalized spacial score (nSPS) is 12.5. The van der Waals surface area contributed by atoms with Crippen molar-refractivity contribution in [1.29, 1.82) is 0 Å². The summed E-state index contributed by atoms with van der Waals surface area (Å²) in [6.45, 7) is 1.55. The van der Waals surface area contributed by atoms with Gasteiger partial charge in [-0.25, -0.2) is 13.2 Å². The number of hydrogen-bond acceptors (Lipinski definition) is 1. The Bertz CT molecular complexity index is 643. The molecule has 1 N–H and O–H groups in total. The van der Waals surface area contributed by atoms with Gasteiger partial charge < -0.3 is 5.32 Å². The van der Waals surface area contributed by atoms with Gasteiger partial charge in [-0.3, -0.25) is 0 Å². The molecule has 0 aliphatic heterocycles. The van der Waals surface area contributed by atoms with Crippen LogP contribution in [0.25, 0.3) is 0 Å². The van der Waals surface area contributed by atoms with Crippen molar-refractivity contribution in [2.75, 3.05) is 7.05 Å². The quantitative estimate of drug-likeness (QED) is 0.887. The van der Waals surface area contributed by atoms with Crippen molar-refractivity contribution in [3.05, 3.63) is 69.5 Å². The minimum absolute atomic E-state index is 0.0335. The van der Waals surface area contributed by atoms with Gasteiger partial charge in [0.15, 0.2) is 0 Å². The summed E-state index contributed by atoms with van der Waals surface area (Å²) in [6, 6.07) is 5.84. The van der Waals surface area contributed by atoms with Crippen LogP contribution >= 0.6 is 11.6 Å². The zero-order valence-electron chi connectivity index (χ0n) is 11.0. The molecule has 0 aliphatic rings. The van der Waals surface area contributed by atoms with E-state index in [4.69, 9.17) is 11.6 Å². The molecule has 106 valence electrons. The molecule has 0 saturated heterocycles. The number of benzene rings is 2. The van der Waals surface area contributed by atoms with Crippen LogP contribution in [0.15, 0.2) is 30.3 Å². The predicted octanol–water partition coefficient (Wildman–Crippen LogP) is 4.37. The first kappa shape index (κ1) is 14.9. The first-order valence-corrected chi connectivity index (χ1v) is 6.40. The van der Waals surface area contributed by atoms with Gasteiger partial charge in [-0.1, -0.05) is 23.7 Å². The molecule has 0 aromatic heterocycles. The summed E-state index contributed by atoms with van der Waals surface area (Å²) < 4.78 is 41.6. The zero-order chi connectivity index (χ0) is 14.9. The Labute approximate surface area is 120 Å². The molecule has 0 heterocycles. The third-order valence-corrected chi connectivity index (χ3v) is 3.48. The summed E-state index contributed by atoms with van der Waals surface area (Å²) in [5.41, 5.74) is 0.600. The van der Waals surface area contributed by atoms with Gasteiger partial charge in [0.05, 0.1) is 11.1 Å². The minimum Gasteiger partial charge on any atom is -0.309 e. The van der Waals surface area contributed by atoms with E-state index in [9.17, 15) is 13.2 Å². The lowest BCUT2D eigenvalue weighted by Crippen LogP contribution is -2.21. The van der Waals surface area contributed by atoms with Crippen molar-refractivity contribution in [3.63, 3.8) is 0 Å². The molecule has 0 saturated carbocycles. The molecule has 0 bridgehead atoms. The van der Waals surface area contributed by atoms with Crippen LogP contribution in [0.3, 0.4) is 0 Å². The first-order valence-electron chi connectivity index (χ1n) is 6.02. The number of nitrogens with one attached hydrogen (secondary N) is 1. The Hall–Kier alpha value is -1.52. The molecule has 0 spiro atoms. The standard InChI is InChI=1S/C15H13ClF3N/c1-8-3-6-11(17)13(14(8)19)15(20-2)9-4-5-10(16)12(18)7-9/h3-7,15,20H,1-2H3. The fourth-order valence-electron chi connectivity index (χ4n) is 2.11. The minimum atomic E-state index is -0.790. The van der Waals surface area contributed by atoms with E-state index in [1.807, 2.05) is 0 Å². The molecule has 0 fully saturated rings. The molecule has 5 heteroatoms. The SMILES string of the molecule is CNC(c1ccc(Cl)c(F)c1)c1c(F)ccc(C)c1F. The highest BCUT2D eigenvalue weighted by Gasteiger charge is 2.22. The molecule has 0 aliphatic carbocycles. The summed E-state index contributed by atoms with van der Waals surface area (Å²) in [7, 11) is 1.55. The molecule has 0 amide bonds. The summed E-state index contributed by atoms with van der Waals surface area (Å²) in [5.74, 6) is -1.94. The van der Waals surface area contributed by atoms with Gasteiger partial charge in [0, 0.05) is 5.56 Å². The molecule has 2 aromatic carbocycles. The van der Waals surface area contributed by atoms with Crippen LogP contribution in [-0.2, 0) is 0 Å². The maximum Gasteiger partial charge on any atom is 0.142 e. The van der Waals surface area contributed by atoms with Gasteiger partial charge in [0.25, 0.3) is 0 Å². The first-order chi connectivity index (χ1) is 9.45. The molecule has 2 rings (SSSR count). The molecular formula is C15H13ClF3N. The Balaban J connectivity index is 2.58. The largest absolute Gasteiger partial charge is 0.309 e. The average molecular weight is 300 g/mol. The molecule has 2 aromatic rings. The van der Waals surface area contributed by atoms with Gasteiger partial charge in [-0.05, 0) is 43.3 Å². The smallest absolute Gasteiger partial charge is 0.142 e. The van der Waals surface area contributed by atoms with Crippen LogP contribution in [-0.4, -0.2) is 7.05 Å². The van der Waals surface area contributed by atoms with E-state index in [-0.39, 0.29) is 10.6 Å². The van der Waals surface area contributed by atoms with Crippen LogP contribution in [0.2, 0.25) is 5.02 Å². The van der Waals surface area contributed by atoms with Crippen LogP contribution in [0, 0.1) is 24.4 Å². The van der Waals surface area contributed by atoms with Gasteiger partial charge in [-0.15, -0.1) is 0 Å². The van der Waals surface area contributed by atoms with Crippen LogP contribution in [0.4, 0.5) is 13.2 Å². The van der Waals surface area contributed by atoms with E-state index >= 15 is 0 Å². The number of hydrogen-bond donors (Lipinski definition) is 1. The predicted molar refractivity (Wildman–Crippen MR) is 73.4 cm³/mol. The fourth-order valence-corrected chi connectivity index (χ4v) is 2.23. The Morgan fingerprint density at radius 2 is 1.75 bits per heavy atom. The van der Waals surface area contributed by atoms with E-state index in [1.54, 1.807) is 14.0 Å². The second-order valence-corrected chi connectivity index (χ2v) is 4.89. The van der Waals surface area contributed by atoms with Crippen LogP contribution in [0.5, 0.6) is 0 Å². The fraction of sp³-hybridized carbons (Fsp3) is 0.200. The summed E-state index contributed by atoms with van der Waals surface area (Å²) >= 11 is 5.62. The van der Waals surface area contributed by atoms with Gasteiger partial charge in [-0.2, -0.15) is 0 Å². The van der Waals surface area contributed by atoms with Crippen molar-refractivity contribution in [1.82, 2.24) is 5.32 Å². The highest BCUT2D eigenvalue weighted by atomic mass is 35.5. The van der Waals surface area contributed by atoms with Crippen molar-refractivity contribution < 1.29 is 13.2 Å². The molecular weight excluding hydrogens is 287 g/mol. The molecule has 0 radical (unpaired) electrons. The second kappa shape index (κ2) is 5.85. The average Bonchev–Trinajstić information content (AvgIpc) is 2.42. The van der Waals surface area contributed by atoms with Gasteiger partial charge in [0.2, 0.25) is 0 Å². The second-order valence-electron chi connectivity index (χ2n) is 4.49. The van der Waals surface area contributed by atoms with Crippen molar-refractivity contribution in [3.8, 4) is 0 Å². The van der Waals surface area contributed by atoms with Gasteiger partial charge in [0.1, 0.15) is 17.5 Å². The van der Waals surface area contributed by atoms with E-state index < -0.39 is 23.5 Å². The summed E-state index contributed by atoms with van der Waals surface area (Å²) in [5, 5.41) is 2.77. The highest BCUT2D eigenvalue weighted by molar-refractivity contribution is 6.30. The topological polar surface area (TPSA) is 12.0 Å².